The van der Waals surface area contributed by atoms with Crippen molar-refractivity contribution >= 4 is 9.84 Å². The van der Waals surface area contributed by atoms with Gasteiger partial charge in [0.05, 0.1) is 12.4 Å². The molecule has 5 heteroatoms. The molecule has 0 fully saturated rings. The molecule has 0 aliphatic carbocycles. The SMILES string of the molecule is CS(=O)(=O)CCOCO. The number of hydrogen-bond acceptors (Lipinski definition) is 4. The summed E-state index contributed by atoms with van der Waals surface area (Å²) in [6, 6.07) is 0. The predicted molar refractivity (Wildman–Crippen MR) is 32.7 cm³/mol. The van der Waals surface area contributed by atoms with Gasteiger partial charge in [0, 0.05) is 6.26 Å². The zero-order valence-electron chi connectivity index (χ0n) is 5.20. The van der Waals surface area contributed by atoms with Crippen LogP contribution < -0.4 is 0 Å². The molecule has 0 aromatic heterocycles. The third-order valence-corrected chi connectivity index (χ3v) is 1.60. The third kappa shape index (κ3) is 7.87. The highest BCUT2D eigenvalue weighted by molar-refractivity contribution is 7.90. The molecule has 0 amide bonds. The molecule has 0 bridgehead atoms. The summed E-state index contributed by atoms with van der Waals surface area (Å²) in [5.41, 5.74) is 0. The molecule has 56 valence electrons. The first-order valence-corrected chi connectivity index (χ1v) is 4.48. The molecule has 0 aliphatic rings. The molecule has 0 aromatic rings. The van der Waals surface area contributed by atoms with E-state index in [1.165, 1.54) is 0 Å². The van der Waals surface area contributed by atoms with E-state index in [1.54, 1.807) is 0 Å². The Morgan fingerprint density at radius 2 is 2.11 bits per heavy atom. The smallest absolute Gasteiger partial charge is 0.149 e. The van der Waals surface area contributed by atoms with Crippen molar-refractivity contribution in [1.29, 1.82) is 0 Å². The number of aliphatic hydroxyl groups is 1. The van der Waals surface area contributed by atoms with Gasteiger partial charge in [0.1, 0.15) is 16.6 Å². The van der Waals surface area contributed by atoms with Gasteiger partial charge in [-0.25, -0.2) is 8.42 Å². The van der Waals surface area contributed by atoms with Crippen molar-refractivity contribution < 1.29 is 18.3 Å². The Morgan fingerprint density at radius 1 is 1.56 bits per heavy atom. The van der Waals surface area contributed by atoms with Gasteiger partial charge in [-0.05, 0) is 0 Å². The van der Waals surface area contributed by atoms with Gasteiger partial charge in [0.15, 0.2) is 0 Å². The lowest BCUT2D eigenvalue weighted by atomic mass is 10.9. The summed E-state index contributed by atoms with van der Waals surface area (Å²) < 4.78 is 25.1. The Hall–Kier alpha value is -0.130. The van der Waals surface area contributed by atoms with Crippen molar-refractivity contribution in [2.45, 2.75) is 0 Å². The average molecular weight is 154 g/mol. The molecule has 0 spiro atoms. The van der Waals surface area contributed by atoms with E-state index >= 15 is 0 Å². The van der Waals surface area contributed by atoms with Crippen molar-refractivity contribution in [3.63, 3.8) is 0 Å². The molecule has 9 heavy (non-hydrogen) atoms. The summed E-state index contributed by atoms with van der Waals surface area (Å²) in [7, 11) is -2.93. The summed E-state index contributed by atoms with van der Waals surface area (Å²) in [5.74, 6) is -0.0342. The molecule has 0 rings (SSSR count). The minimum atomic E-state index is -2.93. The van der Waals surface area contributed by atoms with Gasteiger partial charge in [-0.15, -0.1) is 0 Å². The van der Waals surface area contributed by atoms with Crippen LogP contribution in [0.25, 0.3) is 0 Å². The maximum Gasteiger partial charge on any atom is 0.149 e. The van der Waals surface area contributed by atoms with Crippen LogP contribution in [0.3, 0.4) is 0 Å². The van der Waals surface area contributed by atoms with Crippen LogP contribution in [-0.2, 0) is 14.6 Å². The van der Waals surface area contributed by atoms with Crippen LogP contribution in [0.15, 0.2) is 0 Å². The van der Waals surface area contributed by atoms with Crippen molar-refractivity contribution in [2.75, 3.05) is 25.4 Å². The van der Waals surface area contributed by atoms with Gasteiger partial charge >= 0.3 is 0 Å². The van der Waals surface area contributed by atoms with Gasteiger partial charge in [0.2, 0.25) is 0 Å². The number of hydrogen-bond donors (Lipinski definition) is 1. The third-order valence-electron chi connectivity index (χ3n) is 0.690. The Balaban J connectivity index is 3.30. The molecule has 0 atom stereocenters. The normalized spacial score (nSPS) is 11.8. The first-order chi connectivity index (χ1) is 4.06. The zero-order chi connectivity index (χ0) is 7.33. The molecule has 0 saturated heterocycles. The van der Waals surface area contributed by atoms with E-state index in [1.807, 2.05) is 0 Å². The summed E-state index contributed by atoms with van der Waals surface area (Å²) in [6.07, 6.45) is 1.12. The van der Waals surface area contributed by atoms with Gasteiger partial charge < -0.3 is 9.84 Å². The second-order valence-electron chi connectivity index (χ2n) is 1.67. The molecular formula is C4H10O4S. The summed E-state index contributed by atoms with van der Waals surface area (Å²) in [4.78, 5) is 0. The first kappa shape index (κ1) is 8.87. The van der Waals surface area contributed by atoms with Crippen LogP contribution in [0.1, 0.15) is 0 Å². The average Bonchev–Trinajstić information content (AvgIpc) is 1.63. The highest BCUT2D eigenvalue weighted by Gasteiger charge is 1.99. The molecule has 0 unspecified atom stereocenters. The molecular weight excluding hydrogens is 144 g/mol. The zero-order valence-corrected chi connectivity index (χ0v) is 6.02. The van der Waals surface area contributed by atoms with Crippen LogP contribution >= 0.6 is 0 Å². The van der Waals surface area contributed by atoms with Crippen molar-refractivity contribution in [3.8, 4) is 0 Å². The van der Waals surface area contributed by atoms with Gasteiger partial charge in [0.25, 0.3) is 0 Å². The Labute approximate surface area is 54.4 Å². The predicted octanol–water partition coefficient (Wildman–Crippen LogP) is -1.00. The minimum absolute atomic E-state index is 0.0342. The van der Waals surface area contributed by atoms with E-state index in [2.05, 4.69) is 4.74 Å². The quantitative estimate of drug-likeness (QED) is 0.416. The van der Waals surface area contributed by atoms with E-state index < -0.39 is 16.6 Å². The Bertz CT molecular complexity index is 148. The maximum atomic E-state index is 10.3. The van der Waals surface area contributed by atoms with Gasteiger partial charge in [-0.2, -0.15) is 0 Å². The fourth-order valence-electron chi connectivity index (χ4n) is 0.275. The highest BCUT2D eigenvalue weighted by Crippen LogP contribution is 1.81. The standard InChI is InChI=1S/C4H10O4S/c1-9(6,7)3-2-8-4-5/h5H,2-4H2,1H3. The molecule has 0 saturated carbocycles. The van der Waals surface area contributed by atoms with Crippen LogP contribution in [0.4, 0.5) is 0 Å². The fraction of sp³-hybridized carbons (Fsp3) is 1.00. The van der Waals surface area contributed by atoms with Crippen LogP contribution in [0, 0.1) is 0 Å². The highest BCUT2D eigenvalue weighted by atomic mass is 32.2. The molecule has 1 N–H and O–H groups in total. The number of sulfone groups is 1. The second-order valence-corrected chi connectivity index (χ2v) is 3.93. The van der Waals surface area contributed by atoms with E-state index in [-0.39, 0.29) is 12.4 Å². The van der Waals surface area contributed by atoms with Crippen molar-refractivity contribution in [1.82, 2.24) is 0 Å². The van der Waals surface area contributed by atoms with E-state index in [9.17, 15) is 8.42 Å². The van der Waals surface area contributed by atoms with E-state index in [0.717, 1.165) is 6.26 Å². The monoisotopic (exact) mass is 154 g/mol. The van der Waals surface area contributed by atoms with Crippen molar-refractivity contribution in [2.24, 2.45) is 0 Å². The number of aliphatic hydroxyl groups excluding tert-OH is 1. The number of rotatable bonds is 4. The molecule has 0 radical (unpaired) electrons. The fourth-order valence-corrected chi connectivity index (χ4v) is 0.695. The molecule has 4 nitrogen and oxygen atoms in total. The summed E-state index contributed by atoms with van der Waals surface area (Å²) >= 11 is 0. The maximum absolute atomic E-state index is 10.3. The van der Waals surface area contributed by atoms with Crippen LogP contribution in [-0.4, -0.2) is 38.9 Å². The topological polar surface area (TPSA) is 63.6 Å². The lowest BCUT2D eigenvalue weighted by molar-refractivity contribution is 0.00634. The van der Waals surface area contributed by atoms with Gasteiger partial charge in [-0.1, -0.05) is 0 Å². The Kier molecular flexibility index (Phi) is 3.76. The van der Waals surface area contributed by atoms with Crippen LogP contribution in [0.5, 0.6) is 0 Å². The lowest BCUT2D eigenvalue weighted by Gasteiger charge is -1.96. The number of ether oxygens (including phenoxy) is 1. The second kappa shape index (κ2) is 3.81. The first-order valence-electron chi connectivity index (χ1n) is 2.42. The van der Waals surface area contributed by atoms with E-state index in [4.69, 9.17) is 5.11 Å². The van der Waals surface area contributed by atoms with Crippen molar-refractivity contribution in [3.05, 3.63) is 0 Å². The molecule has 0 heterocycles. The van der Waals surface area contributed by atoms with E-state index in [0.29, 0.717) is 0 Å². The summed E-state index contributed by atoms with van der Waals surface area (Å²) in [5, 5.41) is 8.05. The molecule has 0 aliphatic heterocycles. The lowest BCUT2D eigenvalue weighted by Crippen LogP contribution is -2.10. The Morgan fingerprint density at radius 3 is 2.44 bits per heavy atom. The van der Waals surface area contributed by atoms with Gasteiger partial charge in [-0.3, -0.25) is 0 Å². The largest absolute Gasteiger partial charge is 0.371 e. The summed E-state index contributed by atoms with van der Waals surface area (Å²) in [6.45, 7) is -0.356. The molecule has 0 aromatic carbocycles. The van der Waals surface area contributed by atoms with Crippen LogP contribution in [0.2, 0.25) is 0 Å². The minimum Gasteiger partial charge on any atom is -0.371 e.